The van der Waals surface area contributed by atoms with Crippen LogP contribution in [0.25, 0.3) is 38.6 Å². The van der Waals surface area contributed by atoms with Gasteiger partial charge in [-0.15, -0.1) is 0 Å². The van der Waals surface area contributed by atoms with Gasteiger partial charge in [0, 0.05) is 16.8 Å². The van der Waals surface area contributed by atoms with E-state index in [2.05, 4.69) is 190 Å². The largest absolute Gasteiger partial charge is 0.315 e. The summed E-state index contributed by atoms with van der Waals surface area (Å²) < 4.78 is 0. The highest BCUT2D eigenvalue weighted by Crippen LogP contribution is 2.60. The summed E-state index contributed by atoms with van der Waals surface area (Å²) >= 11 is 0. The SMILES string of the molecule is Cc1cccc(C)c1N1C2=C(C=C3C(c4ccccc4)=C4C=CCCC4C(C4C=CC=CC4)C3C2)B2c3c(cc(C#N)cc31)-c1cc3c(c4cccc2c14)C(C)(C)c1ccccc1-3. The quantitative estimate of drug-likeness (QED) is 0.167. The van der Waals surface area contributed by atoms with E-state index in [9.17, 15) is 5.26 Å². The van der Waals surface area contributed by atoms with Crippen molar-refractivity contribution >= 4 is 45.4 Å². The highest BCUT2D eigenvalue weighted by molar-refractivity contribution is 6.96. The first kappa shape index (κ1) is 37.0. The van der Waals surface area contributed by atoms with Crippen molar-refractivity contribution in [2.75, 3.05) is 4.90 Å². The summed E-state index contributed by atoms with van der Waals surface area (Å²) in [7, 11) is 0. The van der Waals surface area contributed by atoms with Gasteiger partial charge in [-0.3, -0.25) is 0 Å². The summed E-state index contributed by atoms with van der Waals surface area (Å²) in [6, 6.07) is 43.9. The normalized spacial score (nSPS) is 22.8. The maximum absolute atomic E-state index is 11.0. The molecule has 0 spiro atoms. The molecule has 0 N–H and O–H groups in total. The first-order valence-electron chi connectivity index (χ1n) is 23.2. The summed E-state index contributed by atoms with van der Waals surface area (Å²) in [5.74, 6) is 1.71. The fourth-order valence-corrected chi connectivity index (χ4v) is 13.9. The van der Waals surface area contributed by atoms with Crippen LogP contribution < -0.4 is 15.8 Å². The Kier molecular flexibility index (Phi) is 7.89. The van der Waals surface area contributed by atoms with E-state index in [-0.39, 0.29) is 12.1 Å². The van der Waals surface area contributed by atoms with Crippen LogP contribution in [-0.2, 0) is 5.41 Å². The second-order valence-electron chi connectivity index (χ2n) is 19.7. The Morgan fingerprint density at radius 3 is 2.40 bits per heavy atom. The number of allylic oxidation sites excluding steroid dienone is 12. The third-order valence-corrected chi connectivity index (χ3v) is 16.2. The van der Waals surface area contributed by atoms with Gasteiger partial charge >= 0.3 is 0 Å². The summed E-state index contributed by atoms with van der Waals surface area (Å²) in [5.41, 5.74) is 24.7. The van der Waals surface area contributed by atoms with Crippen LogP contribution in [0.2, 0.25) is 0 Å². The van der Waals surface area contributed by atoms with Gasteiger partial charge in [-0.2, -0.15) is 5.26 Å². The van der Waals surface area contributed by atoms with Crippen molar-refractivity contribution in [1.29, 1.82) is 5.26 Å². The topological polar surface area (TPSA) is 27.0 Å². The lowest BCUT2D eigenvalue weighted by molar-refractivity contribution is 0.200. The zero-order chi connectivity index (χ0) is 42.3. The van der Waals surface area contributed by atoms with Crippen molar-refractivity contribution in [1.82, 2.24) is 0 Å². The van der Waals surface area contributed by atoms with Crippen LogP contribution in [0.1, 0.15) is 72.9 Å². The Hall–Kier alpha value is -6.63. The molecule has 0 saturated carbocycles. The van der Waals surface area contributed by atoms with Gasteiger partial charge in [0.1, 0.15) is 0 Å². The smallest absolute Gasteiger partial charge is 0.247 e. The molecule has 4 unspecified atom stereocenters. The van der Waals surface area contributed by atoms with Crippen molar-refractivity contribution in [2.24, 2.45) is 23.7 Å². The number of nitrogens with zero attached hydrogens (tertiary/aromatic N) is 2. The molecule has 0 saturated heterocycles. The van der Waals surface area contributed by atoms with Crippen LogP contribution in [0.4, 0.5) is 11.4 Å². The number of anilines is 2. The van der Waals surface area contributed by atoms with Gasteiger partial charge in [0.15, 0.2) is 0 Å². The van der Waals surface area contributed by atoms with Gasteiger partial charge in [-0.1, -0.05) is 153 Å². The standard InChI is InChI=1S/C60H49BN2/c1-35-17-15-18-36(2)59(35)63-52-33-46-45(54(38-19-7-5-8-20-38)41-24-11-12-25-42(41)55(46)39-21-9-6-10-22-39)32-51(52)61-50-28-16-26-43-56(50)44(48-29-37(34-62)30-53(63)58(48)61)31-47-40-23-13-14-27-49(40)60(3,4)57(43)47/h5-11,13-21,23-24,26-32,39,42,46,55H,12,22,25,33H2,1-4H3. The molecular weight excluding hydrogens is 759 g/mol. The molecule has 0 radical (unpaired) electrons. The lowest BCUT2D eigenvalue weighted by Crippen LogP contribution is -2.55. The fraction of sp³-hybridized carbons (Fsp3) is 0.217. The molecule has 2 aliphatic heterocycles. The average Bonchev–Trinajstić information content (AvgIpc) is 3.55. The van der Waals surface area contributed by atoms with Crippen LogP contribution in [0.3, 0.4) is 0 Å². The number of fused-ring (bicyclic) bond motifs is 9. The van der Waals surface area contributed by atoms with Gasteiger partial charge in [0.05, 0.1) is 17.3 Å². The van der Waals surface area contributed by atoms with Gasteiger partial charge in [-0.05, 0) is 170 Å². The maximum Gasteiger partial charge on any atom is 0.247 e. The van der Waals surface area contributed by atoms with E-state index in [0.29, 0.717) is 29.2 Å². The molecule has 5 aliphatic carbocycles. The summed E-state index contributed by atoms with van der Waals surface area (Å²) in [5, 5.41) is 13.6. The summed E-state index contributed by atoms with van der Waals surface area (Å²) in [6.07, 6.45) is 21.4. The molecule has 13 rings (SSSR count). The lowest BCUT2D eigenvalue weighted by Gasteiger charge is -2.51. The highest BCUT2D eigenvalue weighted by atomic mass is 15.2. The molecule has 4 atom stereocenters. The summed E-state index contributed by atoms with van der Waals surface area (Å²) in [4.78, 5) is 2.65. The van der Waals surface area contributed by atoms with Crippen molar-refractivity contribution in [2.45, 2.75) is 58.8 Å². The zero-order valence-electron chi connectivity index (χ0n) is 36.5. The molecular formula is C60H49BN2. The number of aryl methyl sites for hydroxylation is 2. The molecule has 0 aromatic heterocycles. The molecule has 6 aromatic rings. The first-order valence-corrected chi connectivity index (χ1v) is 23.2. The number of hydrogen-bond donors (Lipinski definition) is 0. The van der Waals surface area contributed by atoms with E-state index in [1.165, 1.54) is 117 Å². The Labute approximate surface area is 372 Å². The minimum atomic E-state index is -0.153. The number of nitriles is 1. The molecule has 302 valence electrons. The maximum atomic E-state index is 11.0. The van der Waals surface area contributed by atoms with Crippen molar-refractivity contribution in [3.05, 3.63) is 207 Å². The predicted octanol–water partition coefficient (Wildman–Crippen LogP) is 13.3. The Morgan fingerprint density at radius 1 is 0.778 bits per heavy atom. The predicted molar refractivity (Wildman–Crippen MR) is 263 cm³/mol. The van der Waals surface area contributed by atoms with Gasteiger partial charge in [0.25, 0.3) is 0 Å². The van der Waals surface area contributed by atoms with Crippen LogP contribution in [-0.4, -0.2) is 6.71 Å². The Morgan fingerprint density at radius 2 is 1.59 bits per heavy atom. The minimum Gasteiger partial charge on any atom is -0.315 e. The van der Waals surface area contributed by atoms with Crippen LogP contribution in [0.15, 0.2) is 174 Å². The third-order valence-electron chi connectivity index (χ3n) is 16.2. The third kappa shape index (κ3) is 5.01. The second kappa shape index (κ2) is 13.4. The molecule has 0 bridgehead atoms. The lowest BCUT2D eigenvalue weighted by atomic mass is 9.30. The highest BCUT2D eigenvalue weighted by Gasteiger charge is 2.51. The Bertz CT molecular complexity index is 3250. The second-order valence-corrected chi connectivity index (χ2v) is 19.7. The van der Waals surface area contributed by atoms with E-state index < -0.39 is 0 Å². The van der Waals surface area contributed by atoms with E-state index in [0.717, 1.165) is 19.3 Å². The number of hydrogen-bond acceptors (Lipinski definition) is 2. The van der Waals surface area contributed by atoms with Crippen LogP contribution in [0.5, 0.6) is 0 Å². The Balaban J connectivity index is 1.16. The van der Waals surface area contributed by atoms with Crippen molar-refractivity contribution in [3.63, 3.8) is 0 Å². The minimum absolute atomic E-state index is 0.00510. The molecule has 2 heterocycles. The monoisotopic (exact) mass is 808 g/mol. The molecule has 6 aromatic carbocycles. The van der Waals surface area contributed by atoms with Crippen LogP contribution >= 0.6 is 0 Å². The van der Waals surface area contributed by atoms with Crippen molar-refractivity contribution < 1.29 is 0 Å². The van der Waals surface area contributed by atoms with E-state index in [1.807, 2.05) is 0 Å². The molecule has 7 aliphatic rings. The molecule has 3 heteroatoms. The molecule has 0 fully saturated rings. The van der Waals surface area contributed by atoms with Crippen molar-refractivity contribution in [3.8, 4) is 28.3 Å². The first-order chi connectivity index (χ1) is 30.8. The molecule has 63 heavy (non-hydrogen) atoms. The van der Waals surface area contributed by atoms with Gasteiger partial charge in [-0.25, -0.2) is 0 Å². The van der Waals surface area contributed by atoms with E-state index in [4.69, 9.17) is 0 Å². The average molecular weight is 809 g/mol. The molecule has 0 amide bonds. The zero-order valence-corrected chi connectivity index (χ0v) is 36.5. The van der Waals surface area contributed by atoms with Crippen LogP contribution in [0, 0.1) is 48.9 Å². The van der Waals surface area contributed by atoms with E-state index in [1.54, 1.807) is 0 Å². The fourth-order valence-electron chi connectivity index (χ4n) is 13.9. The number of para-hydroxylation sites is 1. The number of rotatable bonds is 3. The molecule has 2 nitrogen and oxygen atoms in total. The van der Waals surface area contributed by atoms with Gasteiger partial charge in [0.2, 0.25) is 6.71 Å². The number of benzene rings is 6. The van der Waals surface area contributed by atoms with E-state index >= 15 is 0 Å². The van der Waals surface area contributed by atoms with Gasteiger partial charge < -0.3 is 4.90 Å². The summed E-state index contributed by atoms with van der Waals surface area (Å²) in [6.45, 7) is 9.37.